The molecule has 1 N–H and O–H groups in total. The van der Waals surface area contributed by atoms with Gasteiger partial charge in [-0.2, -0.15) is 0 Å². The number of hydrogen-bond donors (Lipinski definition) is 1. The summed E-state index contributed by atoms with van der Waals surface area (Å²) in [4.78, 5) is 22.9. The molecule has 112 valence electrons. The van der Waals surface area contributed by atoms with Gasteiger partial charge in [0, 0.05) is 23.9 Å². The van der Waals surface area contributed by atoms with Gasteiger partial charge in [-0.25, -0.2) is 5.01 Å². The fourth-order valence-electron chi connectivity index (χ4n) is 1.86. The van der Waals surface area contributed by atoms with Gasteiger partial charge in [0.25, 0.3) is 0 Å². The number of methoxy groups -OCH3 is 1. The number of carbonyl (C=O) groups excluding carboxylic acids is 2. The van der Waals surface area contributed by atoms with E-state index in [-0.39, 0.29) is 17.2 Å². The number of amides is 2. The van der Waals surface area contributed by atoms with E-state index in [0.29, 0.717) is 10.9 Å². The third-order valence-electron chi connectivity index (χ3n) is 2.71. The average molecular weight is 372 g/mol. The summed E-state index contributed by atoms with van der Waals surface area (Å²) in [5, 5.41) is 8.11. The molecule has 0 bridgehead atoms. The van der Waals surface area contributed by atoms with Crippen molar-refractivity contribution < 1.29 is 14.3 Å². The smallest absolute Gasteiger partial charge is 0.241 e. The molecule has 0 aromatic heterocycles. The van der Waals surface area contributed by atoms with Crippen molar-refractivity contribution in [1.29, 1.82) is 0 Å². The number of hydrogen-bond acceptors (Lipinski definition) is 5. The summed E-state index contributed by atoms with van der Waals surface area (Å²) in [7, 11) is 1.57. The van der Waals surface area contributed by atoms with Crippen molar-refractivity contribution in [3.05, 3.63) is 28.2 Å². The summed E-state index contributed by atoms with van der Waals surface area (Å²) in [6, 6.07) is 5.54. The first-order valence-corrected chi connectivity index (χ1v) is 7.75. The molecular weight excluding hydrogens is 358 g/mol. The van der Waals surface area contributed by atoms with Crippen molar-refractivity contribution in [2.24, 2.45) is 5.10 Å². The number of hydrazone groups is 1. The van der Waals surface area contributed by atoms with Gasteiger partial charge >= 0.3 is 0 Å². The van der Waals surface area contributed by atoms with Gasteiger partial charge < -0.3 is 10.1 Å². The molecule has 8 heteroatoms. The zero-order valence-electron chi connectivity index (χ0n) is 11.7. The largest absolute Gasteiger partial charge is 0.496 e. The van der Waals surface area contributed by atoms with Gasteiger partial charge in [-0.3, -0.25) is 9.59 Å². The Labute approximate surface area is 135 Å². The highest BCUT2D eigenvalue weighted by molar-refractivity contribution is 9.10. The highest BCUT2D eigenvalue weighted by atomic mass is 79.9. The predicted octanol–water partition coefficient (Wildman–Crippen LogP) is 2.46. The molecule has 0 aliphatic carbocycles. The predicted molar refractivity (Wildman–Crippen MR) is 84.8 cm³/mol. The van der Waals surface area contributed by atoms with Crippen molar-refractivity contribution in [1.82, 2.24) is 10.3 Å². The number of benzene rings is 1. The summed E-state index contributed by atoms with van der Waals surface area (Å²) in [5.74, 6) is 0.211. The maximum atomic E-state index is 11.8. The standard InChI is InChI=1S/C13H14BrN3O3S/c1-7(18)15-13-16-17(8(2)19)12(21-13)10-6-9(14)4-5-11(10)20-3/h4-6,12H,1-3H3,(H,15,16,18)/t12-/m1/s1. The Balaban J connectivity index is 2.37. The molecule has 1 aliphatic rings. The number of carbonyl (C=O) groups is 2. The van der Waals surface area contributed by atoms with Crippen LogP contribution in [0.3, 0.4) is 0 Å². The second kappa shape index (κ2) is 6.48. The second-order valence-corrected chi connectivity index (χ2v) is 6.29. The third kappa shape index (κ3) is 3.56. The van der Waals surface area contributed by atoms with Crippen molar-refractivity contribution in [2.45, 2.75) is 19.2 Å². The van der Waals surface area contributed by atoms with E-state index >= 15 is 0 Å². The Kier molecular flexibility index (Phi) is 4.89. The highest BCUT2D eigenvalue weighted by Gasteiger charge is 2.34. The van der Waals surface area contributed by atoms with Crippen LogP contribution in [0.4, 0.5) is 0 Å². The summed E-state index contributed by atoms with van der Waals surface area (Å²) >= 11 is 4.70. The van der Waals surface area contributed by atoms with Crippen LogP contribution in [0.15, 0.2) is 27.8 Å². The fraction of sp³-hybridized carbons (Fsp3) is 0.308. The van der Waals surface area contributed by atoms with Crippen LogP contribution in [0.5, 0.6) is 5.75 Å². The highest BCUT2D eigenvalue weighted by Crippen LogP contribution is 2.43. The van der Waals surface area contributed by atoms with Crippen LogP contribution in [0.25, 0.3) is 0 Å². The molecule has 1 atom stereocenters. The average Bonchev–Trinajstić information content (AvgIpc) is 2.81. The Bertz CT molecular complexity index is 621. The molecule has 0 spiro atoms. The minimum absolute atomic E-state index is 0.213. The van der Waals surface area contributed by atoms with Gasteiger partial charge in [0.15, 0.2) is 5.17 Å². The molecule has 0 saturated carbocycles. The fourth-order valence-corrected chi connectivity index (χ4v) is 3.40. The molecule has 21 heavy (non-hydrogen) atoms. The van der Waals surface area contributed by atoms with Gasteiger partial charge in [0.05, 0.1) is 7.11 Å². The van der Waals surface area contributed by atoms with Crippen molar-refractivity contribution in [3.63, 3.8) is 0 Å². The van der Waals surface area contributed by atoms with Crippen LogP contribution >= 0.6 is 27.7 Å². The number of ether oxygens (including phenoxy) is 1. The Morgan fingerprint density at radius 1 is 1.43 bits per heavy atom. The number of nitrogens with zero attached hydrogens (tertiary/aromatic N) is 2. The van der Waals surface area contributed by atoms with Gasteiger partial charge in [-0.1, -0.05) is 27.7 Å². The van der Waals surface area contributed by atoms with Crippen molar-refractivity contribution in [2.75, 3.05) is 7.11 Å². The number of amidine groups is 1. The SMILES string of the molecule is COc1ccc(Br)cc1[C@H]1SC(NC(C)=O)=NN1C(C)=O. The maximum Gasteiger partial charge on any atom is 0.241 e. The van der Waals surface area contributed by atoms with E-state index in [0.717, 1.165) is 10.0 Å². The van der Waals surface area contributed by atoms with Crippen molar-refractivity contribution >= 4 is 44.7 Å². The summed E-state index contributed by atoms with van der Waals surface area (Å²) in [6.45, 7) is 2.83. The molecule has 1 aliphatic heterocycles. The van der Waals surface area contributed by atoms with Crippen LogP contribution in [0, 0.1) is 0 Å². The number of nitrogens with one attached hydrogen (secondary N) is 1. The number of rotatable bonds is 2. The number of halogens is 1. The molecule has 0 saturated heterocycles. The van der Waals surface area contributed by atoms with Crippen LogP contribution in [-0.4, -0.2) is 29.1 Å². The van der Waals surface area contributed by atoms with E-state index in [4.69, 9.17) is 4.74 Å². The number of thioether (sulfide) groups is 1. The normalized spacial score (nSPS) is 17.4. The van der Waals surface area contributed by atoms with E-state index < -0.39 is 0 Å². The monoisotopic (exact) mass is 371 g/mol. The zero-order valence-corrected chi connectivity index (χ0v) is 14.1. The van der Waals surface area contributed by atoms with E-state index in [2.05, 4.69) is 26.3 Å². The lowest BCUT2D eigenvalue weighted by molar-refractivity contribution is -0.129. The lowest BCUT2D eigenvalue weighted by Crippen LogP contribution is -2.25. The van der Waals surface area contributed by atoms with E-state index in [1.165, 1.54) is 30.6 Å². The molecule has 0 fully saturated rings. The van der Waals surface area contributed by atoms with Crippen LogP contribution in [0.2, 0.25) is 0 Å². The van der Waals surface area contributed by atoms with Crippen LogP contribution < -0.4 is 10.1 Å². The van der Waals surface area contributed by atoms with E-state index in [9.17, 15) is 9.59 Å². The zero-order chi connectivity index (χ0) is 15.6. The van der Waals surface area contributed by atoms with Crippen molar-refractivity contribution in [3.8, 4) is 5.75 Å². The van der Waals surface area contributed by atoms with E-state index in [1.54, 1.807) is 7.11 Å². The minimum atomic E-state index is -0.378. The first-order chi connectivity index (χ1) is 9.92. The topological polar surface area (TPSA) is 71.0 Å². The molecule has 1 aromatic carbocycles. The second-order valence-electron chi connectivity index (χ2n) is 4.31. The molecule has 1 heterocycles. The molecular formula is C13H14BrN3O3S. The summed E-state index contributed by atoms with van der Waals surface area (Å²) < 4.78 is 6.22. The summed E-state index contributed by atoms with van der Waals surface area (Å²) in [6.07, 6.45) is 0. The Hall–Kier alpha value is -1.54. The van der Waals surface area contributed by atoms with E-state index in [1.807, 2.05) is 18.2 Å². The first kappa shape index (κ1) is 15.8. The lowest BCUT2D eigenvalue weighted by atomic mass is 10.2. The van der Waals surface area contributed by atoms with Gasteiger partial charge in [0.1, 0.15) is 11.1 Å². The lowest BCUT2D eigenvalue weighted by Gasteiger charge is -2.21. The summed E-state index contributed by atoms with van der Waals surface area (Å²) in [5.41, 5.74) is 0.802. The Morgan fingerprint density at radius 3 is 2.71 bits per heavy atom. The quantitative estimate of drug-likeness (QED) is 0.866. The molecule has 0 unspecified atom stereocenters. The Morgan fingerprint density at radius 2 is 2.14 bits per heavy atom. The van der Waals surface area contributed by atoms with Crippen LogP contribution in [-0.2, 0) is 9.59 Å². The molecule has 2 amide bonds. The van der Waals surface area contributed by atoms with Crippen LogP contribution in [0.1, 0.15) is 24.8 Å². The van der Waals surface area contributed by atoms with Gasteiger partial charge in [0.2, 0.25) is 11.8 Å². The third-order valence-corrected chi connectivity index (χ3v) is 4.28. The van der Waals surface area contributed by atoms with Gasteiger partial charge in [-0.05, 0) is 18.2 Å². The molecule has 1 aromatic rings. The van der Waals surface area contributed by atoms with Gasteiger partial charge in [-0.15, -0.1) is 5.10 Å². The first-order valence-electron chi connectivity index (χ1n) is 6.08. The maximum absolute atomic E-state index is 11.8. The molecule has 0 radical (unpaired) electrons. The molecule has 6 nitrogen and oxygen atoms in total. The molecule has 2 rings (SSSR count). The minimum Gasteiger partial charge on any atom is -0.496 e.